The van der Waals surface area contributed by atoms with Crippen LogP contribution < -0.4 is 5.69 Å². The van der Waals surface area contributed by atoms with Crippen LogP contribution in [0.15, 0.2) is 65.6 Å². The first-order valence-corrected chi connectivity index (χ1v) is 10.2. The number of aromatic nitrogens is 2. The molecule has 0 saturated carbocycles. The number of rotatable bonds is 6. The SMILES string of the molecule is Cc1cn(C2CCN(Cc3ccc(C(=O)C(=O)c4ccccc4)cc3)CC2)c(=O)[nH]1. The van der Waals surface area contributed by atoms with Crippen molar-refractivity contribution in [3.8, 4) is 0 Å². The van der Waals surface area contributed by atoms with Crippen molar-refractivity contribution in [2.45, 2.75) is 32.4 Å². The second kappa shape index (κ2) is 8.63. The van der Waals surface area contributed by atoms with Crippen LogP contribution in [-0.4, -0.2) is 39.1 Å². The molecular formula is C24H25N3O3. The number of nitrogens with one attached hydrogen (secondary N) is 1. The molecule has 30 heavy (non-hydrogen) atoms. The summed E-state index contributed by atoms with van der Waals surface area (Å²) in [4.78, 5) is 42.0. The second-order valence-electron chi connectivity index (χ2n) is 7.88. The topological polar surface area (TPSA) is 75.2 Å². The lowest BCUT2D eigenvalue weighted by atomic mass is 10.00. The smallest absolute Gasteiger partial charge is 0.310 e. The maximum Gasteiger partial charge on any atom is 0.325 e. The van der Waals surface area contributed by atoms with E-state index >= 15 is 0 Å². The Kier molecular flexibility index (Phi) is 5.77. The van der Waals surface area contributed by atoms with Crippen LogP contribution in [0.5, 0.6) is 0 Å². The van der Waals surface area contributed by atoms with E-state index in [1.807, 2.05) is 35.9 Å². The largest absolute Gasteiger partial charge is 0.325 e. The number of H-pyrrole nitrogens is 1. The summed E-state index contributed by atoms with van der Waals surface area (Å²) < 4.78 is 1.82. The highest BCUT2D eigenvalue weighted by atomic mass is 16.2. The Morgan fingerprint density at radius 3 is 2.10 bits per heavy atom. The Morgan fingerprint density at radius 1 is 0.933 bits per heavy atom. The minimum Gasteiger partial charge on any atom is -0.310 e. The van der Waals surface area contributed by atoms with Gasteiger partial charge in [0.1, 0.15) is 0 Å². The summed E-state index contributed by atoms with van der Waals surface area (Å²) in [5.41, 5.74) is 2.78. The summed E-state index contributed by atoms with van der Waals surface area (Å²) in [7, 11) is 0. The van der Waals surface area contributed by atoms with Crippen molar-refractivity contribution in [3.05, 3.63) is 93.7 Å². The lowest BCUT2D eigenvalue weighted by Gasteiger charge is -2.32. The number of carbonyl (C=O) groups excluding carboxylic acids is 2. The minimum atomic E-state index is -0.486. The van der Waals surface area contributed by atoms with Gasteiger partial charge in [-0.25, -0.2) is 4.79 Å². The molecule has 1 aliphatic rings. The van der Waals surface area contributed by atoms with Gasteiger partial charge in [0, 0.05) is 48.7 Å². The van der Waals surface area contributed by atoms with Gasteiger partial charge in [-0.2, -0.15) is 0 Å². The highest BCUT2D eigenvalue weighted by Crippen LogP contribution is 2.22. The molecule has 0 unspecified atom stereocenters. The number of likely N-dealkylation sites (tertiary alicyclic amines) is 1. The standard InChI is InChI=1S/C24H25N3O3/c1-17-15-27(24(30)25-17)21-11-13-26(14-12-21)16-18-7-9-20(10-8-18)23(29)22(28)19-5-3-2-4-6-19/h2-10,15,21H,11-14,16H2,1H3,(H,25,30). The van der Waals surface area contributed by atoms with Crippen molar-refractivity contribution in [3.63, 3.8) is 0 Å². The van der Waals surface area contributed by atoms with Gasteiger partial charge in [0.05, 0.1) is 0 Å². The molecule has 0 radical (unpaired) electrons. The molecule has 0 amide bonds. The molecule has 6 nitrogen and oxygen atoms in total. The Hall–Kier alpha value is -3.25. The molecule has 6 heteroatoms. The summed E-state index contributed by atoms with van der Waals surface area (Å²) in [5, 5.41) is 0. The van der Waals surface area contributed by atoms with E-state index in [0.29, 0.717) is 11.1 Å². The molecule has 1 fully saturated rings. The number of imidazole rings is 1. The Morgan fingerprint density at radius 2 is 1.53 bits per heavy atom. The fraction of sp³-hybridized carbons (Fsp3) is 0.292. The fourth-order valence-electron chi connectivity index (χ4n) is 4.03. The molecule has 0 aliphatic carbocycles. The minimum absolute atomic E-state index is 0.0312. The van der Waals surface area contributed by atoms with Crippen LogP contribution in [0.1, 0.15) is 50.9 Å². The van der Waals surface area contributed by atoms with E-state index < -0.39 is 11.6 Å². The number of hydrogen-bond donors (Lipinski definition) is 1. The number of Topliss-reactive ketones (excluding diaryl/α,β-unsaturated/α-hetero) is 2. The lowest BCUT2D eigenvalue weighted by molar-refractivity contribution is 0.0817. The molecule has 3 aromatic rings. The Balaban J connectivity index is 1.34. The van der Waals surface area contributed by atoms with Gasteiger partial charge in [-0.3, -0.25) is 19.1 Å². The van der Waals surface area contributed by atoms with Gasteiger partial charge in [-0.1, -0.05) is 54.6 Å². The number of nitrogens with zero attached hydrogens (tertiary/aromatic N) is 2. The van der Waals surface area contributed by atoms with Gasteiger partial charge in [-0.15, -0.1) is 0 Å². The highest BCUT2D eigenvalue weighted by Gasteiger charge is 2.22. The Bertz CT molecular complexity index is 1090. The average molecular weight is 403 g/mol. The van der Waals surface area contributed by atoms with Crippen LogP contribution in [-0.2, 0) is 6.54 Å². The molecule has 0 atom stereocenters. The van der Waals surface area contributed by atoms with Crippen LogP contribution in [0.3, 0.4) is 0 Å². The summed E-state index contributed by atoms with van der Waals surface area (Å²) in [6, 6.07) is 16.2. The van der Waals surface area contributed by atoms with E-state index in [1.54, 1.807) is 36.4 Å². The predicted molar refractivity (Wildman–Crippen MR) is 115 cm³/mol. The van der Waals surface area contributed by atoms with Crippen LogP contribution in [0.25, 0.3) is 0 Å². The maximum atomic E-state index is 12.5. The fourth-order valence-corrected chi connectivity index (χ4v) is 4.03. The van der Waals surface area contributed by atoms with Crippen LogP contribution in [0.4, 0.5) is 0 Å². The van der Waals surface area contributed by atoms with E-state index in [0.717, 1.165) is 43.7 Å². The maximum absolute atomic E-state index is 12.5. The van der Waals surface area contributed by atoms with Crippen molar-refractivity contribution in [1.82, 2.24) is 14.5 Å². The normalized spacial score (nSPS) is 15.2. The van der Waals surface area contributed by atoms with Crippen LogP contribution >= 0.6 is 0 Å². The monoisotopic (exact) mass is 403 g/mol. The zero-order chi connectivity index (χ0) is 21.1. The van der Waals surface area contributed by atoms with Crippen molar-refractivity contribution < 1.29 is 9.59 Å². The van der Waals surface area contributed by atoms with Crippen molar-refractivity contribution >= 4 is 11.6 Å². The molecule has 4 rings (SSSR count). The summed E-state index contributed by atoms with van der Waals surface area (Å²) in [5.74, 6) is -0.971. The number of benzene rings is 2. The number of aryl methyl sites for hydroxylation is 1. The van der Waals surface area contributed by atoms with Crippen molar-refractivity contribution in [2.24, 2.45) is 0 Å². The van der Waals surface area contributed by atoms with Gasteiger partial charge in [-0.05, 0) is 25.3 Å². The molecular weight excluding hydrogens is 378 g/mol. The zero-order valence-electron chi connectivity index (χ0n) is 17.0. The second-order valence-corrected chi connectivity index (χ2v) is 7.88. The first-order chi connectivity index (χ1) is 14.5. The van der Waals surface area contributed by atoms with E-state index in [4.69, 9.17) is 0 Å². The van der Waals surface area contributed by atoms with Gasteiger partial charge in [0.2, 0.25) is 11.6 Å². The molecule has 1 saturated heterocycles. The molecule has 1 aromatic heterocycles. The van der Waals surface area contributed by atoms with Gasteiger partial charge < -0.3 is 4.98 Å². The van der Waals surface area contributed by atoms with Crippen molar-refractivity contribution in [2.75, 3.05) is 13.1 Å². The van der Waals surface area contributed by atoms with Crippen LogP contribution in [0.2, 0.25) is 0 Å². The molecule has 2 heterocycles. The zero-order valence-corrected chi connectivity index (χ0v) is 17.0. The van der Waals surface area contributed by atoms with Gasteiger partial charge >= 0.3 is 5.69 Å². The molecule has 0 bridgehead atoms. The number of piperidine rings is 1. The average Bonchev–Trinajstić information content (AvgIpc) is 3.12. The predicted octanol–water partition coefficient (Wildman–Crippen LogP) is 3.39. The lowest BCUT2D eigenvalue weighted by Crippen LogP contribution is -2.36. The van der Waals surface area contributed by atoms with Gasteiger partial charge in [0.15, 0.2) is 0 Å². The number of carbonyl (C=O) groups is 2. The molecule has 1 N–H and O–H groups in total. The number of ketones is 2. The van der Waals surface area contributed by atoms with E-state index in [9.17, 15) is 14.4 Å². The van der Waals surface area contributed by atoms with E-state index in [1.165, 1.54) is 0 Å². The summed E-state index contributed by atoms with van der Waals surface area (Å²) >= 11 is 0. The quantitative estimate of drug-likeness (QED) is 0.506. The Labute approximate surface area is 175 Å². The van der Waals surface area contributed by atoms with E-state index in [-0.39, 0.29) is 11.7 Å². The third kappa shape index (κ3) is 4.33. The van der Waals surface area contributed by atoms with Gasteiger partial charge in [0.25, 0.3) is 0 Å². The summed E-state index contributed by atoms with van der Waals surface area (Å²) in [6.45, 7) is 4.51. The first-order valence-electron chi connectivity index (χ1n) is 10.2. The van der Waals surface area contributed by atoms with E-state index in [2.05, 4.69) is 9.88 Å². The summed E-state index contributed by atoms with van der Waals surface area (Å²) in [6.07, 6.45) is 3.76. The number of hydrogen-bond acceptors (Lipinski definition) is 4. The highest BCUT2D eigenvalue weighted by molar-refractivity contribution is 6.49. The molecule has 1 aliphatic heterocycles. The molecule has 2 aromatic carbocycles. The molecule has 154 valence electrons. The third-order valence-corrected chi connectivity index (χ3v) is 5.69. The third-order valence-electron chi connectivity index (χ3n) is 5.69. The van der Waals surface area contributed by atoms with Crippen LogP contribution in [0, 0.1) is 6.92 Å². The first kappa shape index (κ1) is 20.0. The molecule has 0 spiro atoms. The number of aromatic amines is 1. The van der Waals surface area contributed by atoms with Crippen molar-refractivity contribution in [1.29, 1.82) is 0 Å².